The van der Waals surface area contributed by atoms with Crippen LogP contribution in [0.5, 0.6) is 0 Å². The lowest BCUT2D eigenvalue weighted by molar-refractivity contribution is 0.102. The molecule has 106 valence electrons. The molecule has 3 aromatic rings. The maximum atomic E-state index is 12.4. The molecule has 0 unspecified atom stereocenters. The Morgan fingerprint density at radius 3 is 2.90 bits per heavy atom. The molecule has 1 aromatic carbocycles. The third-order valence-corrected chi connectivity index (χ3v) is 3.32. The van der Waals surface area contributed by atoms with E-state index in [9.17, 15) is 4.79 Å². The molecule has 0 spiro atoms. The summed E-state index contributed by atoms with van der Waals surface area (Å²) >= 11 is 0. The number of nitrogens with one attached hydrogen (secondary N) is 2. The fourth-order valence-corrected chi connectivity index (χ4v) is 2.20. The molecule has 0 atom stereocenters. The van der Waals surface area contributed by atoms with Crippen LogP contribution >= 0.6 is 0 Å². The minimum atomic E-state index is -0.148. The number of amides is 1. The lowest BCUT2D eigenvalue weighted by atomic mass is 10.2. The molecular formula is C16H16N4O. The maximum Gasteiger partial charge on any atom is 0.257 e. The molecule has 0 aliphatic carbocycles. The number of aromatic nitrogens is 2. The molecule has 3 rings (SSSR count). The van der Waals surface area contributed by atoms with Crippen LogP contribution in [-0.2, 0) is 0 Å². The number of carbonyl (C=O) groups excluding carboxylic acids is 1. The van der Waals surface area contributed by atoms with Crippen LogP contribution in [0, 0.1) is 0 Å². The second-order valence-corrected chi connectivity index (χ2v) is 5.00. The van der Waals surface area contributed by atoms with Crippen LogP contribution < -0.4 is 10.2 Å². The lowest BCUT2D eigenvalue weighted by Crippen LogP contribution is -2.13. The van der Waals surface area contributed by atoms with Crippen molar-refractivity contribution in [3.8, 4) is 0 Å². The number of carbonyl (C=O) groups is 1. The maximum absolute atomic E-state index is 12.4. The summed E-state index contributed by atoms with van der Waals surface area (Å²) in [5.41, 5.74) is 3.11. The number of rotatable bonds is 3. The number of hydrogen-bond acceptors (Lipinski definition) is 3. The van der Waals surface area contributed by atoms with Crippen LogP contribution in [0.25, 0.3) is 11.0 Å². The Labute approximate surface area is 122 Å². The molecular weight excluding hydrogens is 264 g/mol. The Bertz CT molecular complexity index is 792. The lowest BCUT2D eigenvalue weighted by Gasteiger charge is -2.13. The van der Waals surface area contributed by atoms with Gasteiger partial charge in [0.15, 0.2) is 0 Å². The van der Waals surface area contributed by atoms with Gasteiger partial charge in [-0.05, 0) is 30.3 Å². The van der Waals surface area contributed by atoms with Gasteiger partial charge >= 0.3 is 0 Å². The number of hydrogen-bond donors (Lipinski definition) is 2. The molecule has 5 nitrogen and oxygen atoms in total. The quantitative estimate of drug-likeness (QED) is 0.775. The van der Waals surface area contributed by atoms with Crippen molar-refractivity contribution in [2.45, 2.75) is 0 Å². The van der Waals surface area contributed by atoms with Crippen molar-refractivity contribution >= 4 is 28.3 Å². The Kier molecular flexibility index (Phi) is 3.31. The van der Waals surface area contributed by atoms with E-state index in [0.717, 1.165) is 16.8 Å². The zero-order valence-corrected chi connectivity index (χ0v) is 11.9. The smallest absolute Gasteiger partial charge is 0.257 e. The fraction of sp³-hybridized carbons (Fsp3) is 0.125. The first-order valence-electron chi connectivity index (χ1n) is 6.66. The zero-order valence-electron chi connectivity index (χ0n) is 11.9. The molecule has 0 saturated heterocycles. The highest BCUT2D eigenvalue weighted by atomic mass is 16.1. The zero-order chi connectivity index (χ0) is 14.8. The monoisotopic (exact) mass is 280 g/mol. The highest BCUT2D eigenvalue weighted by Crippen LogP contribution is 2.20. The standard InChI is InChI=1S/C16H16N4O/c1-20(2)12-6-3-5-11(9-12)19-16(21)14-10-18-15-13(14)7-4-8-17-15/h3-10H,1-2H3,(H,17,18)(H,19,21). The van der Waals surface area contributed by atoms with E-state index in [0.29, 0.717) is 11.2 Å². The topological polar surface area (TPSA) is 61.0 Å². The minimum Gasteiger partial charge on any atom is -0.378 e. The van der Waals surface area contributed by atoms with Crippen molar-refractivity contribution in [2.75, 3.05) is 24.3 Å². The molecule has 21 heavy (non-hydrogen) atoms. The van der Waals surface area contributed by atoms with Gasteiger partial charge in [-0.3, -0.25) is 4.79 Å². The number of benzene rings is 1. The first-order valence-corrected chi connectivity index (χ1v) is 6.66. The number of aromatic amines is 1. The van der Waals surface area contributed by atoms with Crippen molar-refractivity contribution in [3.63, 3.8) is 0 Å². The van der Waals surface area contributed by atoms with Crippen LogP contribution in [0.1, 0.15) is 10.4 Å². The molecule has 0 bridgehead atoms. The van der Waals surface area contributed by atoms with Gasteiger partial charge in [0, 0.05) is 43.3 Å². The fourth-order valence-electron chi connectivity index (χ4n) is 2.20. The van der Waals surface area contributed by atoms with Gasteiger partial charge in [-0.25, -0.2) is 4.98 Å². The predicted octanol–water partition coefficient (Wildman–Crippen LogP) is 2.88. The highest BCUT2D eigenvalue weighted by Gasteiger charge is 2.12. The van der Waals surface area contributed by atoms with Gasteiger partial charge in [0.05, 0.1) is 5.56 Å². The molecule has 5 heteroatoms. The summed E-state index contributed by atoms with van der Waals surface area (Å²) in [6, 6.07) is 11.4. The first kappa shape index (κ1) is 13.2. The predicted molar refractivity (Wildman–Crippen MR) is 84.8 cm³/mol. The van der Waals surface area contributed by atoms with E-state index >= 15 is 0 Å². The van der Waals surface area contributed by atoms with Crippen molar-refractivity contribution in [2.24, 2.45) is 0 Å². The van der Waals surface area contributed by atoms with Crippen LogP contribution in [0.4, 0.5) is 11.4 Å². The van der Waals surface area contributed by atoms with Gasteiger partial charge < -0.3 is 15.2 Å². The summed E-state index contributed by atoms with van der Waals surface area (Å²) in [7, 11) is 3.93. The summed E-state index contributed by atoms with van der Waals surface area (Å²) < 4.78 is 0. The molecule has 0 saturated carbocycles. The summed E-state index contributed by atoms with van der Waals surface area (Å²) in [5, 5.41) is 3.74. The van der Waals surface area contributed by atoms with Gasteiger partial charge in [-0.1, -0.05) is 6.07 Å². The molecule has 1 amide bonds. The number of anilines is 2. The molecule has 2 N–H and O–H groups in total. The average Bonchev–Trinajstić information content (AvgIpc) is 2.91. The molecule has 2 heterocycles. The van der Waals surface area contributed by atoms with Crippen molar-refractivity contribution in [1.82, 2.24) is 9.97 Å². The van der Waals surface area contributed by atoms with Gasteiger partial charge in [0.25, 0.3) is 5.91 Å². The average molecular weight is 280 g/mol. The largest absolute Gasteiger partial charge is 0.378 e. The van der Waals surface area contributed by atoms with Crippen LogP contribution in [0.3, 0.4) is 0 Å². The number of nitrogens with zero attached hydrogens (tertiary/aromatic N) is 2. The first-order chi connectivity index (χ1) is 10.1. The van der Waals surface area contributed by atoms with E-state index in [2.05, 4.69) is 15.3 Å². The normalized spacial score (nSPS) is 10.6. The number of pyridine rings is 1. The van der Waals surface area contributed by atoms with Crippen molar-refractivity contribution in [3.05, 3.63) is 54.4 Å². The van der Waals surface area contributed by atoms with Gasteiger partial charge in [0.2, 0.25) is 0 Å². The summed E-state index contributed by atoms with van der Waals surface area (Å²) in [5.74, 6) is -0.148. The molecule has 0 aliphatic rings. The van der Waals surface area contributed by atoms with E-state index in [-0.39, 0.29) is 5.91 Å². The Morgan fingerprint density at radius 1 is 1.24 bits per heavy atom. The summed E-state index contributed by atoms with van der Waals surface area (Å²) in [4.78, 5) is 21.6. The van der Waals surface area contributed by atoms with Gasteiger partial charge in [-0.2, -0.15) is 0 Å². The third kappa shape index (κ3) is 2.58. The Hall–Kier alpha value is -2.82. The van der Waals surface area contributed by atoms with Gasteiger partial charge in [0.1, 0.15) is 5.65 Å². The van der Waals surface area contributed by atoms with E-state index < -0.39 is 0 Å². The summed E-state index contributed by atoms with van der Waals surface area (Å²) in [6.45, 7) is 0. The van der Waals surface area contributed by atoms with E-state index in [1.807, 2.05) is 55.4 Å². The molecule has 0 radical (unpaired) electrons. The highest BCUT2D eigenvalue weighted by molar-refractivity contribution is 6.12. The Morgan fingerprint density at radius 2 is 2.10 bits per heavy atom. The van der Waals surface area contributed by atoms with Crippen molar-refractivity contribution in [1.29, 1.82) is 0 Å². The van der Waals surface area contributed by atoms with E-state index in [1.165, 1.54) is 0 Å². The Balaban J connectivity index is 1.88. The van der Waals surface area contributed by atoms with E-state index in [1.54, 1.807) is 12.4 Å². The van der Waals surface area contributed by atoms with Crippen LogP contribution in [0.15, 0.2) is 48.8 Å². The van der Waals surface area contributed by atoms with Crippen LogP contribution in [0.2, 0.25) is 0 Å². The number of fused-ring (bicyclic) bond motifs is 1. The second kappa shape index (κ2) is 5.28. The van der Waals surface area contributed by atoms with Gasteiger partial charge in [-0.15, -0.1) is 0 Å². The third-order valence-electron chi connectivity index (χ3n) is 3.32. The van der Waals surface area contributed by atoms with Crippen LogP contribution in [-0.4, -0.2) is 30.0 Å². The van der Waals surface area contributed by atoms with E-state index in [4.69, 9.17) is 0 Å². The SMILES string of the molecule is CN(C)c1cccc(NC(=O)c2c[nH]c3ncccc23)c1. The molecule has 0 fully saturated rings. The second-order valence-electron chi connectivity index (χ2n) is 5.00. The summed E-state index contributed by atoms with van der Waals surface area (Å²) in [6.07, 6.45) is 3.38. The van der Waals surface area contributed by atoms with Crippen molar-refractivity contribution < 1.29 is 4.79 Å². The molecule has 0 aliphatic heterocycles. The molecule has 2 aromatic heterocycles. The minimum absolute atomic E-state index is 0.148. The number of H-pyrrole nitrogens is 1.